The molecule has 0 aliphatic carbocycles. The molecule has 0 spiro atoms. The van der Waals surface area contributed by atoms with Crippen LogP contribution in [0.1, 0.15) is 36.6 Å². The summed E-state index contributed by atoms with van der Waals surface area (Å²) in [5, 5.41) is 11.4. The fourth-order valence-corrected chi connectivity index (χ4v) is 4.78. The SMILES string of the molecule is CCOC(=O)C1=C(C)N=c2s/c(=C/c3ccc(C)cc3)c(=O)n2C1c1cccc([N+](=O)[O-])c1. The van der Waals surface area contributed by atoms with E-state index in [1.807, 2.05) is 31.2 Å². The van der Waals surface area contributed by atoms with Crippen molar-refractivity contribution in [1.82, 2.24) is 4.57 Å². The molecule has 0 saturated heterocycles. The summed E-state index contributed by atoms with van der Waals surface area (Å²) in [5.74, 6) is -0.608. The number of rotatable bonds is 5. The molecule has 0 bridgehead atoms. The van der Waals surface area contributed by atoms with Crippen molar-refractivity contribution in [1.29, 1.82) is 0 Å². The number of fused-ring (bicyclic) bond motifs is 1. The number of ether oxygens (including phenoxy) is 1. The van der Waals surface area contributed by atoms with Crippen molar-refractivity contribution in [2.45, 2.75) is 26.8 Å². The number of thiazole rings is 1. The van der Waals surface area contributed by atoms with E-state index in [-0.39, 0.29) is 23.4 Å². The number of benzene rings is 2. The van der Waals surface area contributed by atoms with Gasteiger partial charge in [0.2, 0.25) is 0 Å². The minimum Gasteiger partial charge on any atom is -0.463 e. The zero-order valence-electron chi connectivity index (χ0n) is 18.3. The van der Waals surface area contributed by atoms with E-state index < -0.39 is 16.9 Å². The predicted molar refractivity (Wildman–Crippen MR) is 125 cm³/mol. The van der Waals surface area contributed by atoms with Gasteiger partial charge in [-0.15, -0.1) is 0 Å². The van der Waals surface area contributed by atoms with Crippen molar-refractivity contribution in [2.24, 2.45) is 4.99 Å². The van der Waals surface area contributed by atoms with Crippen LogP contribution < -0.4 is 14.9 Å². The summed E-state index contributed by atoms with van der Waals surface area (Å²) in [6.07, 6.45) is 1.77. The molecule has 1 aliphatic rings. The van der Waals surface area contributed by atoms with Gasteiger partial charge >= 0.3 is 5.97 Å². The number of allylic oxidation sites excluding steroid dienone is 1. The Morgan fingerprint density at radius 1 is 1.24 bits per heavy atom. The van der Waals surface area contributed by atoms with E-state index in [0.717, 1.165) is 11.1 Å². The topological polar surface area (TPSA) is 104 Å². The first-order valence-electron chi connectivity index (χ1n) is 10.3. The van der Waals surface area contributed by atoms with Crippen LogP contribution in [0.15, 0.2) is 69.6 Å². The lowest BCUT2D eigenvalue weighted by Crippen LogP contribution is -2.39. The molecule has 3 aromatic rings. The van der Waals surface area contributed by atoms with Gasteiger partial charge < -0.3 is 4.74 Å². The number of nitrogens with zero attached hydrogens (tertiary/aromatic N) is 3. The zero-order valence-corrected chi connectivity index (χ0v) is 19.1. The van der Waals surface area contributed by atoms with Crippen LogP contribution >= 0.6 is 11.3 Å². The average Bonchev–Trinajstić information content (AvgIpc) is 3.09. The molecule has 0 radical (unpaired) electrons. The molecule has 0 amide bonds. The third-order valence-electron chi connectivity index (χ3n) is 5.29. The van der Waals surface area contributed by atoms with Gasteiger partial charge in [0, 0.05) is 12.1 Å². The van der Waals surface area contributed by atoms with E-state index in [0.29, 0.717) is 20.6 Å². The van der Waals surface area contributed by atoms with Gasteiger partial charge in [0.15, 0.2) is 4.80 Å². The highest BCUT2D eigenvalue weighted by molar-refractivity contribution is 7.07. The van der Waals surface area contributed by atoms with Crippen molar-refractivity contribution in [2.75, 3.05) is 6.61 Å². The van der Waals surface area contributed by atoms with Crippen molar-refractivity contribution in [3.63, 3.8) is 0 Å². The van der Waals surface area contributed by atoms with E-state index in [1.54, 1.807) is 26.0 Å². The molecule has 9 heteroatoms. The summed E-state index contributed by atoms with van der Waals surface area (Å²) >= 11 is 1.21. The molecule has 168 valence electrons. The van der Waals surface area contributed by atoms with E-state index >= 15 is 0 Å². The van der Waals surface area contributed by atoms with Crippen LogP contribution in [0.2, 0.25) is 0 Å². The standard InChI is InChI=1S/C24H21N3O5S/c1-4-32-23(29)20-15(3)25-24-26(21(20)17-6-5-7-18(13-17)27(30)31)22(28)19(33-24)12-16-10-8-14(2)9-11-16/h5-13,21H,4H2,1-3H3/b19-12+. The van der Waals surface area contributed by atoms with Gasteiger partial charge in [-0.2, -0.15) is 0 Å². The molecule has 1 unspecified atom stereocenters. The molecule has 1 aromatic heterocycles. The summed E-state index contributed by atoms with van der Waals surface area (Å²) in [6.45, 7) is 5.49. The van der Waals surface area contributed by atoms with Crippen LogP contribution in [-0.4, -0.2) is 22.1 Å². The van der Waals surface area contributed by atoms with Gasteiger partial charge in [0.1, 0.15) is 0 Å². The highest BCUT2D eigenvalue weighted by atomic mass is 32.1. The molecule has 0 fully saturated rings. The Kier molecular flexibility index (Phi) is 6.06. The van der Waals surface area contributed by atoms with Crippen molar-refractivity contribution >= 4 is 29.1 Å². The van der Waals surface area contributed by atoms with E-state index in [1.165, 1.54) is 34.1 Å². The summed E-state index contributed by atoms with van der Waals surface area (Å²) < 4.78 is 7.11. The number of carbonyl (C=O) groups excluding carboxylic acids is 1. The monoisotopic (exact) mass is 463 g/mol. The van der Waals surface area contributed by atoms with Gasteiger partial charge in [0.25, 0.3) is 11.2 Å². The van der Waals surface area contributed by atoms with Crippen molar-refractivity contribution < 1.29 is 14.5 Å². The normalized spacial score (nSPS) is 15.7. The lowest BCUT2D eigenvalue weighted by molar-refractivity contribution is -0.384. The Hall–Kier alpha value is -3.85. The first kappa shape index (κ1) is 22.3. The minimum atomic E-state index is -0.889. The van der Waals surface area contributed by atoms with Crippen LogP contribution in [-0.2, 0) is 9.53 Å². The lowest BCUT2D eigenvalue weighted by atomic mass is 9.95. The highest BCUT2D eigenvalue weighted by Gasteiger charge is 2.34. The molecular weight excluding hydrogens is 442 g/mol. The quantitative estimate of drug-likeness (QED) is 0.329. The molecule has 8 nitrogen and oxygen atoms in total. The molecule has 2 aromatic carbocycles. The van der Waals surface area contributed by atoms with Crippen LogP contribution in [0, 0.1) is 17.0 Å². The largest absolute Gasteiger partial charge is 0.463 e. The molecule has 2 heterocycles. The average molecular weight is 464 g/mol. The van der Waals surface area contributed by atoms with Gasteiger partial charge in [-0.1, -0.05) is 53.3 Å². The number of esters is 1. The van der Waals surface area contributed by atoms with Crippen LogP contribution in [0.4, 0.5) is 5.69 Å². The Balaban J connectivity index is 1.97. The molecule has 1 atom stereocenters. The van der Waals surface area contributed by atoms with Crippen LogP contribution in [0.25, 0.3) is 6.08 Å². The van der Waals surface area contributed by atoms with Gasteiger partial charge in [-0.3, -0.25) is 19.5 Å². The first-order chi connectivity index (χ1) is 15.8. The number of aryl methyl sites for hydroxylation is 1. The maximum absolute atomic E-state index is 13.5. The lowest BCUT2D eigenvalue weighted by Gasteiger charge is -2.24. The van der Waals surface area contributed by atoms with E-state index in [4.69, 9.17) is 4.74 Å². The second-order valence-electron chi connectivity index (χ2n) is 7.57. The fraction of sp³-hybridized carbons (Fsp3) is 0.208. The zero-order chi connectivity index (χ0) is 23.7. The third-order valence-corrected chi connectivity index (χ3v) is 6.27. The van der Waals surface area contributed by atoms with E-state index in [2.05, 4.69) is 4.99 Å². The number of nitro benzene ring substituents is 1. The summed E-state index contributed by atoms with van der Waals surface area (Å²) in [4.78, 5) is 42.2. The maximum atomic E-state index is 13.5. The Morgan fingerprint density at radius 3 is 2.64 bits per heavy atom. The molecule has 0 saturated carbocycles. The van der Waals surface area contributed by atoms with Gasteiger partial charge in [-0.05, 0) is 38.0 Å². The van der Waals surface area contributed by atoms with Gasteiger partial charge in [-0.25, -0.2) is 9.79 Å². The van der Waals surface area contributed by atoms with Crippen molar-refractivity contribution in [3.05, 3.63) is 106 Å². The number of aromatic nitrogens is 1. The smallest absolute Gasteiger partial charge is 0.338 e. The predicted octanol–water partition coefficient (Wildman–Crippen LogP) is 3.01. The first-order valence-corrected chi connectivity index (χ1v) is 11.1. The molecule has 4 rings (SSSR count). The van der Waals surface area contributed by atoms with Crippen LogP contribution in [0.5, 0.6) is 0 Å². The van der Waals surface area contributed by atoms with E-state index in [9.17, 15) is 19.7 Å². The summed E-state index contributed by atoms with van der Waals surface area (Å²) in [7, 11) is 0. The second-order valence-corrected chi connectivity index (χ2v) is 8.57. The number of nitro groups is 1. The molecular formula is C24H21N3O5S. The highest BCUT2D eigenvalue weighted by Crippen LogP contribution is 2.32. The van der Waals surface area contributed by atoms with Gasteiger partial charge in [0.05, 0.1) is 33.4 Å². The fourth-order valence-electron chi connectivity index (χ4n) is 3.73. The number of non-ortho nitro benzene ring substituents is 1. The van der Waals surface area contributed by atoms with Crippen molar-refractivity contribution in [3.8, 4) is 0 Å². The number of hydrogen-bond donors (Lipinski definition) is 0. The second kappa shape index (κ2) is 8.95. The molecule has 1 aliphatic heterocycles. The minimum absolute atomic E-state index is 0.132. The third kappa shape index (κ3) is 4.27. The Morgan fingerprint density at radius 2 is 1.97 bits per heavy atom. The number of carbonyl (C=O) groups is 1. The summed E-state index contributed by atoms with van der Waals surface area (Å²) in [6, 6.07) is 12.8. The Labute approximate surface area is 192 Å². The number of hydrogen-bond acceptors (Lipinski definition) is 7. The maximum Gasteiger partial charge on any atom is 0.338 e. The molecule has 33 heavy (non-hydrogen) atoms. The summed E-state index contributed by atoms with van der Waals surface area (Å²) in [5.41, 5.74) is 2.54. The molecule has 0 N–H and O–H groups in total. The Bertz CT molecular complexity index is 1460. The van der Waals surface area contributed by atoms with Crippen LogP contribution in [0.3, 0.4) is 0 Å².